The molecule has 9 N–H and O–H groups in total. The molecular formula is C34H60N6O9. The molecule has 0 radical (unpaired) electrons. The topological polar surface area (TPSA) is 226 Å². The van der Waals surface area contributed by atoms with Crippen molar-refractivity contribution < 1.29 is 43.2 Å². The lowest BCUT2D eigenvalue weighted by Crippen LogP contribution is -2.58. The fourth-order valence-electron chi connectivity index (χ4n) is 4.46. The zero-order chi connectivity index (χ0) is 36.7. The van der Waals surface area contributed by atoms with Crippen molar-refractivity contribution >= 4 is 23.6 Å². The first-order valence-electron chi connectivity index (χ1n) is 16.9. The second-order valence-electron chi connectivity index (χ2n) is 12.9. The molecule has 0 heterocycles. The van der Waals surface area contributed by atoms with E-state index in [9.17, 15) is 24.3 Å². The van der Waals surface area contributed by atoms with Crippen molar-refractivity contribution in [2.45, 2.75) is 96.6 Å². The standard InChI is InChI=1S/C34H60N6O9/c1-6-29(42)39-27(32(45)40-33(2,3)24-47-19-13-31(44)37-16-21-46-18-12-28(36)41)23-25-7-9-26(10-8-25)48-22-17-38-30(43)11-14-34(4,5)49-20-15-35/h7-10,27,32,40,45H,6,11-24,35H2,1-5H3,(H2,36,41)(H,37,44)(H,38,43)(H,39,42)/t27-,32?/m0/s1. The molecule has 49 heavy (non-hydrogen) atoms. The SMILES string of the molecule is CCC(=O)N[C@@H](Cc1ccc(OCCNC(=O)CCC(C)(C)OCCN)cc1)C(O)NC(C)(C)COCCC(=O)NCCOCCC(N)=O. The predicted molar refractivity (Wildman–Crippen MR) is 185 cm³/mol. The quantitative estimate of drug-likeness (QED) is 0.0465. The van der Waals surface area contributed by atoms with Crippen LogP contribution in [0, 0.1) is 0 Å². The van der Waals surface area contributed by atoms with Gasteiger partial charge in [0.25, 0.3) is 0 Å². The van der Waals surface area contributed by atoms with Crippen molar-refractivity contribution in [1.82, 2.24) is 21.3 Å². The van der Waals surface area contributed by atoms with E-state index >= 15 is 0 Å². The molecule has 0 aromatic heterocycles. The molecule has 15 nitrogen and oxygen atoms in total. The fourth-order valence-corrected chi connectivity index (χ4v) is 4.46. The van der Waals surface area contributed by atoms with Gasteiger partial charge in [-0.2, -0.15) is 0 Å². The molecule has 0 saturated heterocycles. The van der Waals surface area contributed by atoms with Gasteiger partial charge in [0.05, 0.1) is 51.2 Å². The Bertz CT molecular complexity index is 1120. The summed E-state index contributed by atoms with van der Waals surface area (Å²) in [5.41, 5.74) is 10.3. The molecule has 2 atom stereocenters. The van der Waals surface area contributed by atoms with Crippen LogP contribution in [-0.2, 0) is 39.8 Å². The van der Waals surface area contributed by atoms with Crippen molar-refractivity contribution in [1.29, 1.82) is 0 Å². The summed E-state index contributed by atoms with van der Waals surface area (Å²) in [6.07, 6.45) is 0.721. The predicted octanol–water partition coefficient (Wildman–Crippen LogP) is 0.255. The Morgan fingerprint density at radius 2 is 1.47 bits per heavy atom. The maximum Gasteiger partial charge on any atom is 0.222 e. The number of aliphatic hydroxyl groups is 1. The third-order valence-corrected chi connectivity index (χ3v) is 7.22. The van der Waals surface area contributed by atoms with Gasteiger partial charge in [0, 0.05) is 44.3 Å². The van der Waals surface area contributed by atoms with Gasteiger partial charge >= 0.3 is 0 Å². The lowest BCUT2D eigenvalue weighted by Gasteiger charge is -2.33. The van der Waals surface area contributed by atoms with Crippen LogP contribution in [0.5, 0.6) is 5.75 Å². The second-order valence-corrected chi connectivity index (χ2v) is 12.9. The molecule has 0 aliphatic rings. The van der Waals surface area contributed by atoms with E-state index in [4.69, 9.17) is 30.4 Å². The first-order chi connectivity index (χ1) is 23.2. The van der Waals surface area contributed by atoms with Gasteiger partial charge in [0.2, 0.25) is 23.6 Å². The number of amides is 4. The number of nitrogens with two attached hydrogens (primary N) is 2. The zero-order valence-electron chi connectivity index (χ0n) is 29.9. The normalized spacial score (nSPS) is 13.0. The van der Waals surface area contributed by atoms with Crippen LogP contribution in [0.2, 0.25) is 0 Å². The molecular weight excluding hydrogens is 636 g/mol. The monoisotopic (exact) mass is 696 g/mol. The first-order valence-corrected chi connectivity index (χ1v) is 16.9. The molecule has 0 aliphatic heterocycles. The molecule has 1 aromatic carbocycles. The highest BCUT2D eigenvalue weighted by Gasteiger charge is 2.28. The summed E-state index contributed by atoms with van der Waals surface area (Å²) in [7, 11) is 0. The lowest BCUT2D eigenvalue weighted by atomic mass is 10.0. The molecule has 4 amide bonds. The summed E-state index contributed by atoms with van der Waals surface area (Å²) in [6, 6.07) is 6.70. The number of hydrogen-bond donors (Lipinski definition) is 7. The Kier molecular flexibility index (Phi) is 21.3. The minimum Gasteiger partial charge on any atom is -0.492 e. The zero-order valence-corrected chi connectivity index (χ0v) is 29.9. The van der Waals surface area contributed by atoms with Crippen LogP contribution in [0.4, 0.5) is 0 Å². The Morgan fingerprint density at radius 3 is 2.10 bits per heavy atom. The maximum atomic E-state index is 12.3. The van der Waals surface area contributed by atoms with Crippen molar-refractivity contribution in [2.75, 3.05) is 59.3 Å². The third kappa shape index (κ3) is 22.1. The van der Waals surface area contributed by atoms with Crippen molar-refractivity contribution in [3.63, 3.8) is 0 Å². The van der Waals surface area contributed by atoms with Crippen molar-refractivity contribution in [3.05, 3.63) is 29.8 Å². The molecule has 1 aromatic rings. The summed E-state index contributed by atoms with van der Waals surface area (Å²) in [5, 5.41) is 22.7. The van der Waals surface area contributed by atoms with E-state index < -0.39 is 29.3 Å². The number of ether oxygens (including phenoxy) is 4. The van der Waals surface area contributed by atoms with Crippen molar-refractivity contribution in [2.24, 2.45) is 11.5 Å². The van der Waals surface area contributed by atoms with Crippen LogP contribution in [0.1, 0.15) is 72.3 Å². The van der Waals surface area contributed by atoms with Gasteiger partial charge in [-0.3, -0.25) is 24.5 Å². The Balaban J connectivity index is 2.49. The summed E-state index contributed by atoms with van der Waals surface area (Å²) in [4.78, 5) is 47.2. The van der Waals surface area contributed by atoms with E-state index in [0.29, 0.717) is 57.9 Å². The van der Waals surface area contributed by atoms with E-state index in [1.54, 1.807) is 19.1 Å². The summed E-state index contributed by atoms with van der Waals surface area (Å²) in [5.74, 6) is -0.287. The molecule has 1 unspecified atom stereocenters. The van der Waals surface area contributed by atoms with E-state index in [1.165, 1.54) is 0 Å². The number of carbonyl (C=O) groups is 4. The molecule has 280 valence electrons. The molecule has 0 aliphatic carbocycles. The average Bonchev–Trinajstić information content (AvgIpc) is 3.04. The van der Waals surface area contributed by atoms with Crippen LogP contribution in [0.3, 0.4) is 0 Å². The van der Waals surface area contributed by atoms with Crippen LogP contribution in [-0.4, -0.2) is 111 Å². The second kappa shape index (κ2) is 23.9. The highest BCUT2D eigenvalue weighted by atomic mass is 16.5. The van der Waals surface area contributed by atoms with Gasteiger partial charge in [0.15, 0.2) is 0 Å². The smallest absolute Gasteiger partial charge is 0.222 e. The number of nitrogens with one attached hydrogen (secondary N) is 4. The molecule has 0 bridgehead atoms. The number of carbonyl (C=O) groups excluding carboxylic acids is 4. The van der Waals surface area contributed by atoms with E-state index in [-0.39, 0.29) is 63.4 Å². The maximum absolute atomic E-state index is 12.3. The largest absolute Gasteiger partial charge is 0.492 e. The van der Waals surface area contributed by atoms with Crippen LogP contribution < -0.4 is 37.5 Å². The highest BCUT2D eigenvalue weighted by molar-refractivity contribution is 5.76. The van der Waals surface area contributed by atoms with Crippen LogP contribution in [0.15, 0.2) is 24.3 Å². The first kappa shape index (κ1) is 43.7. The third-order valence-electron chi connectivity index (χ3n) is 7.22. The number of primary amides is 1. The van der Waals surface area contributed by atoms with Gasteiger partial charge < -0.3 is 51.5 Å². The van der Waals surface area contributed by atoms with Crippen LogP contribution in [0.25, 0.3) is 0 Å². The van der Waals surface area contributed by atoms with Gasteiger partial charge in [0.1, 0.15) is 18.6 Å². The summed E-state index contributed by atoms with van der Waals surface area (Å²) >= 11 is 0. The van der Waals surface area contributed by atoms with Gasteiger partial charge in [-0.25, -0.2) is 0 Å². The Morgan fingerprint density at radius 1 is 0.837 bits per heavy atom. The highest BCUT2D eigenvalue weighted by Crippen LogP contribution is 2.17. The van der Waals surface area contributed by atoms with E-state index in [1.807, 2.05) is 39.8 Å². The minimum absolute atomic E-state index is 0.0774. The minimum atomic E-state index is -1.09. The number of rotatable bonds is 28. The molecule has 0 saturated carbocycles. The molecule has 15 heteroatoms. The Hall–Kier alpha value is -3.34. The van der Waals surface area contributed by atoms with Crippen molar-refractivity contribution in [3.8, 4) is 5.75 Å². The number of aliphatic hydroxyl groups excluding tert-OH is 1. The van der Waals surface area contributed by atoms with E-state index in [2.05, 4.69) is 21.3 Å². The molecule has 0 fully saturated rings. The lowest BCUT2D eigenvalue weighted by molar-refractivity contribution is -0.123. The van der Waals surface area contributed by atoms with Gasteiger partial charge in [-0.1, -0.05) is 19.1 Å². The fraction of sp³-hybridized carbons (Fsp3) is 0.706. The number of hydrogen-bond acceptors (Lipinski definition) is 11. The summed E-state index contributed by atoms with van der Waals surface area (Å²) < 4.78 is 22.3. The average molecular weight is 697 g/mol. The summed E-state index contributed by atoms with van der Waals surface area (Å²) in [6.45, 7) is 12.0. The van der Waals surface area contributed by atoms with Crippen LogP contribution >= 0.6 is 0 Å². The van der Waals surface area contributed by atoms with Gasteiger partial charge in [-0.15, -0.1) is 0 Å². The Labute approximate surface area is 290 Å². The van der Waals surface area contributed by atoms with E-state index in [0.717, 1.165) is 5.56 Å². The molecule has 1 rings (SSSR count). The number of benzene rings is 1. The van der Waals surface area contributed by atoms with Gasteiger partial charge in [-0.05, 0) is 58.2 Å². The molecule has 0 spiro atoms.